The summed E-state index contributed by atoms with van der Waals surface area (Å²) in [5.41, 5.74) is 1.85. The van der Waals surface area contributed by atoms with Gasteiger partial charge in [-0.15, -0.1) is 5.10 Å². The lowest BCUT2D eigenvalue weighted by atomic mass is 9.98. The molecule has 39 heavy (non-hydrogen) atoms. The van der Waals surface area contributed by atoms with E-state index >= 15 is 0 Å². The number of ether oxygens (including phenoxy) is 3. The molecule has 0 amide bonds. The van der Waals surface area contributed by atoms with Crippen molar-refractivity contribution in [2.45, 2.75) is 38.8 Å². The number of nitrogens with zero attached hydrogens (tertiary/aromatic N) is 6. The van der Waals surface area contributed by atoms with Crippen molar-refractivity contribution >= 4 is 16.6 Å². The topological polar surface area (TPSA) is 111 Å². The van der Waals surface area contributed by atoms with Crippen LogP contribution in [0.5, 0.6) is 17.2 Å². The number of tetrazole rings is 1. The van der Waals surface area contributed by atoms with Crippen LogP contribution in [0.4, 0.5) is 5.69 Å². The second-order valence-electron chi connectivity index (χ2n) is 10.6. The molecule has 1 unspecified atom stereocenters. The molecule has 204 valence electrons. The number of benzene rings is 2. The highest BCUT2D eigenvalue weighted by atomic mass is 16.7. The van der Waals surface area contributed by atoms with Gasteiger partial charge in [0.15, 0.2) is 17.3 Å². The molecule has 0 spiro atoms. The lowest BCUT2D eigenvalue weighted by Gasteiger charge is -2.40. The molecular formula is C28H33N7O4. The summed E-state index contributed by atoms with van der Waals surface area (Å²) in [6.45, 7) is 9.44. The molecule has 0 radical (unpaired) electrons. The van der Waals surface area contributed by atoms with E-state index in [0.717, 1.165) is 36.3 Å². The molecule has 2 aliphatic heterocycles. The highest BCUT2D eigenvalue weighted by Gasteiger charge is 2.36. The number of hydrogen-bond acceptors (Lipinski definition) is 9. The molecule has 0 bridgehead atoms. The Labute approximate surface area is 226 Å². The Morgan fingerprint density at radius 3 is 2.56 bits per heavy atom. The standard InChI is InChI=1S/C28H33N7O4/c1-5-28(2,3)35-26(30-31-32-35)25(34-12-10-33(11-13-34)21-8-6-7-9-22(21)37-4)19-14-18-15-23-24(39-17-38-23)16-20(18)29-27(19)36/h6-9,14-16,25H,5,10-13,17H2,1-4H3,(H,29,36). The highest BCUT2D eigenvalue weighted by molar-refractivity contribution is 5.83. The van der Waals surface area contributed by atoms with Crippen molar-refractivity contribution in [1.29, 1.82) is 0 Å². The average molecular weight is 532 g/mol. The Balaban J connectivity index is 1.41. The van der Waals surface area contributed by atoms with Crippen LogP contribution >= 0.6 is 0 Å². The average Bonchev–Trinajstić information content (AvgIpc) is 3.63. The van der Waals surface area contributed by atoms with Gasteiger partial charge >= 0.3 is 0 Å². The maximum absolute atomic E-state index is 13.7. The van der Waals surface area contributed by atoms with Crippen LogP contribution in [0.2, 0.25) is 0 Å². The minimum absolute atomic E-state index is 0.169. The molecular weight excluding hydrogens is 498 g/mol. The lowest BCUT2D eigenvalue weighted by Crippen LogP contribution is -2.49. The highest BCUT2D eigenvalue weighted by Crippen LogP contribution is 2.37. The fraction of sp³-hybridized carbons (Fsp3) is 0.429. The molecule has 1 saturated heterocycles. The van der Waals surface area contributed by atoms with E-state index in [0.29, 0.717) is 41.5 Å². The van der Waals surface area contributed by atoms with E-state index in [2.05, 4.69) is 57.1 Å². The first-order chi connectivity index (χ1) is 18.9. The van der Waals surface area contributed by atoms with E-state index in [1.807, 2.05) is 41.1 Å². The van der Waals surface area contributed by atoms with Crippen molar-refractivity contribution < 1.29 is 14.2 Å². The molecule has 2 aromatic heterocycles. The third kappa shape index (κ3) is 4.46. The van der Waals surface area contributed by atoms with Crippen LogP contribution in [-0.4, -0.2) is 70.2 Å². The Kier molecular flexibility index (Phi) is 6.38. The normalized spacial score (nSPS) is 16.6. The number of anilines is 1. The fourth-order valence-electron chi connectivity index (χ4n) is 5.37. The number of nitrogens with one attached hydrogen (secondary N) is 1. The molecule has 1 fully saturated rings. The summed E-state index contributed by atoms with van der Waals surface area (Å²) in [4.78, 5) is 21.3. The first kappa shape index (κ1) is 25.2. The summed E-state index contributed by atoms with van der Waals surface area (Å²) in [5.74, 6) is 2.79. The quantitative estimate of drug-likeness (QED) is 0.384. The van der Waals surface area contributed by atoms with Crippen molar-refractivity contribution in [2.24, 2.45) is 0 Å². The molecule has 1 N–H and O–H groups in total. The Hall–Kier alpha value is -4.12. The van der Waals surface area contributed by atoms with Gasteiger partial charge in [0.1, 0.15) is 11.8 Å². The van der Waals surface area contributed by atoms with Gasteiger partial charge in [0, 0.05) is 43.2 Å². The van der Waals surface area contributed by atoms with Gasteiger partial charge in [-0.1, -0.05) is 19.1 Å². The number of aromatic amines is 1. The van der Waals surface area contributed by atoms with E-state index in [-0.39, 0.29) is 17.9 Å². The zero-order valence-corrected chi connectivity index (χ0v) is 22.7. The van der Waals surface area contributed by atoms with E-state index in [4.69, 9.17) is 14.2 Å². The van der Waals surface area contributed by atoms with Crippen LogP contribution in [-0.2, 0) is 5.54 Å². The van der Waals surface area contributed by atoms with Crippen LogP contribution in [0.3, 0.4) is 0 Å². The molecule has 1 atom stereocenters. The minimum Gasteiger partial charge on any atom is -0.495 e. The van der Waals surface area contributed by atoms with E-state index in [1.54, 1.807) is 7.11 Å². The first-order valence-electron chi connectivity index (χ1n) is 13.3. The first-order valence-corrected chi connectivity index (χ1v) is 13.3. The van der Waals surface area contributed by atoms with Crippen LogP contribution in [0.1, 0.15) is 44.6 Å². The van der Waals surface area contributed by atoms with Crippen LogP contribution in [0.15, 0.2) is 47.3 Å². The number of piperazine rings is 1. The van der Waals surface area contributed by atoms with Gasteiger partial charge in [-0.25, -0.2) is 4.68 Å². The molecule has 0 aliphatic carbocycles. The summed E-state index contributed by atoms with van der Waals surface area (Å²) in [7, 11) is 1.69. The van der Waals surface area contributed by atoms with Gasteiger partial charge in [-0.05, 0) is 55.0 Å². The summed E-state index contributed by atoms with van der Waals surface area (Å²) in [6, 6.07) is 13.3. The van der Waals surface area contributed by atoms with E-state index < -0.39 is 6.04 Å². The molecule has 4 aromatic rings. The number of H-pyrrole nitrogens is 1. The third-order valence-electron chi connectivity index (χ3n) is 7.94. The number of rotatable bonds is 7. The SMILES string of the molecule is CCC(C)(C)n1nnnc1C(c1cc2cc3c(cc2[nH]c1=O)OCO3)N1CCN(c2ccccc2OC)CC1. The number of fused-ring (bicyclic) bond motifs is 2. The van der Waals surface area contributed by atoms with Crippen LogP contribution in [0, 0.1) is 0 Å². The second-order valence-corrected chi connectivity index (χ2v) is 10.6. The number of pyridine rings is 1. The maximum Gasteiger partial charge on any atom is 0.253 e. The second kappa shape index (κ2) is 9.88. The smallest absolute Gasteiger partial charge is 0.253 e. The summed E-state index contributed by atoms with van der Waals surface area (Å²) >= 11 is 0. The van der Waals surface area contributed by atoms with Gasteiger partial charge in [0.2, 0.25) is 6.79 Å². The largest absolute Gasteiger partial charge is 0.495 e. The maximum atomic E-state index is 13.7. The van der Waals surface area contributed by atoms with E-state index in [9.17, 15) is 4.79 Å². The minimum atomic E-state index is -0.441. The van der Waals surface area contributed by atoms with Gasteiger partial charge < -0.3 is 24.1 Å². The van der Waals surface area contributed by atoms with Gasteiger partial charge in [0.25, 0.3) is 5.56 Å². The number of para-hydroxylation sites is 2. The van der Waals surface area contributed by atoms with Crippen LogP contribution < -0.4 is 24.7 Å². The number of methoxy groups -OCH3 is 1. The van der Waals surface area contributed by atoms with Crippen molar-refractivity contribution in [3.8, 4) is 17.2 Å². The fourth-order valence-corrected chi connectivity index (χ4v) is 5.37. The zero-order chi connectivity index (χ0) is 27.1. The van der Waals surface area contributed by atoms with Crippen molar-refractivity contribution in [3.05, 3.63) is 64.2 Å². The monoisotopic (exact) mass is 531 g/mol. The molecule has 2 aliphatic rings. The summed E-state index contributed by atoms with van der Waals surface area (Å²) in [6.07, 6.45) is 0.830. The molecule has 11 nitrogen and oxygen atoms in total. The van der Waals surface area contributed by atoms with Crippen LogP contribution in [0.25, 0.3) is 10.9 Å². The van der Waals surface area contributed by atoms with Crippen molar-refractivity contribution in [1.82, 2.24) is 30.1 Å². The molecule has 0 saturated carbocycles. The molecule has 6 rings (SSSR count). The zero-order valence-electron chi connectivity index (χ0n) is 22.7. The van der Waals surface area contributed by atoms with Gasteiger partial charge in [-0.3, -0.25) is 9.69 Å². The van der Waals surface area contributed by atoms with Crippen molar-refractivity contribution in [3.63, 3.8) is 0 Å². The van der Waals surface area contributed by atoms with E-state index in [1.165, 1.54) is 0 Å². The molecule has 4 heterocycles. The van der Waals surface area contributed by atoms with Gasteiger partial charge in [0.05, 0.1) is 23.9 Å². The number of hydrogen-bond donors (Lipinski definition) is 1. The predicted octanol–water partition coefficient (Wildman–Crippen LogP) is 3.31. The van der Waals surface area contributed by atoms with Crippen molar-refractivity contribution in [2.75, 3.05) is 45.0 Å². The Morgan fingerprint density at radius 1 is 1.08 bits per heavy atom. The molecule has 2 aromatic carbocycles. The third-order valence-corrected chi connectivity index (χ3v) is 7.94. The Bertz CT molecular complexity index is 1560. The summed E-state index contributed by atoms with van der Waals surface area (Å²) in [5, 5.41) is 13.8. The predicted molar refractivity (Wildman–Crippen MR) is 147 cm³/mol. The number of aromatic nitrogens is 5. The summed E-state index contributed by atoms with van der Waals surface area (Å²) < 4.78 is 18.6. The Morgan fingerprint density at radius 2 is 1.82 bits per heavy atom. The van der Waals surface area contributed by atoms with Gasteiger partial charge in [-0.2, -0.15) is 0 Å². The molecule has 11 heteroatoms. The lowest BCUT2D eigenvalue weighted by molar-refractivity contribution is 0.174.